The van der Waals surface area contributed by atoms with Gasteiger partial charge < -0.3 is 15.7 Å². The quantitative estimate of drug-likeness (QED) is 0.646. The van der Waals surface area contributed by atoms with E-state index < -0.39 is 0 Å². The molecule has 0 aliphatic carbocycles. The van der Waals surface area contributed by atoms with Gasteiger partial charge in [0.2, 0.25) is 0 Å². The summed E-state index contributed by atoms with van der Waals surface area (Å²) in [5.41, 5.74) is 5.45. The number of aliphatic hydroxyl groups is 1. The van der Waals surface area contributed by atoms with Crippen molar-refractivity contribution in [2.75, 3.05) is 26.2 Å². The van der Waals surface area contributed by atoms with Gasteiger partial charge in [0.25, 0.3) is 0 Å². The summed E-state index contributed by atoms with van der Waals surface area (Å²) < 4.78 is 0. The fraction of sp³-hybridized carbons (Fsp3) is 1.00. The van der Waals surface area contributed by atoms with Gasteiger partial charge in [-0.05, 0) is 64.7 Å². The molecule has 1 rings (SSSR count). The monoisotopic (exact) mass is 200 g/mol. The van der Waals surface area contributed by atoms with E-state index in [-0.39, 0.29) is 6.10 Å². The van der Waals surface area contributed by atoms with Crippen LogP contribution in [0.3, 0.4) is 0 Å². The van der Waals surface area contributed by atoms with Crippen molar-refractivity contribution in [2.24, 2.45) is 11.7 Å². The first-order chi connectivity index (χ1) is 6.74. The van der Waals surface area contributed by atoms with Gasteiger partial charge in [-0.25, -0.2) is 0 Å². The zero-order valence-corrected chi connectivity index (χ0v) is 9.28. The first kappa shape index (κ1) is 12.0. The lowest BCUT2D eigenvalue weighted by atomic mass is 9.92. The molecule has 0 bridgehead atoms. The largest absolute Gasteiger partial charge is 0.393 e. The second-order valence-electron chi connectivity index (χ2n) is 4.42. The van der Waals surface area contributed by atoms with E-state index in [4.69, 9.17) is 5.73 Å². The molecule has 1 aliphatic rings. The minimum absolute atomic E-state index is 0.124. The van der Waals surface area contributed by atoms with Gasteiger partial charge in [-0.3, -0.25) is 0 Å². The molecule has 1 fully saturated rings. The van der Waals surface area contributed by atoms with Crippen LogP contribution in [-0.2, 0) is 0 Å². The van der Waals surface area contributed by atoms with Crippen LogP contribution in [0.25, 0.3) is 0 Å². The van der Waals surface area contributed by atoms with Gasteiger partial charge >= 0.3 is 0 Å². The molecule has 1 aliphatic heterocycles. The fourth-order valence-corrected chi connectivity index (χ4v) is 2.14. The number of rotatable bonds is 5. The molecular weight excluding hydrogens is 176 g/mol. The van der Waals surface area contributed by atoms with Crippen molar-refractivity contribution >= 4 is 0 Å². The summed E-state index contributed by atoms with van der Waals surface area (Å²) >= 11 is 0. The van der Waals surface area contributed by atoms with Gasteiger partial charge in [0.1, 0.15) is 0 Å². The van der Waals surface area contributed by atoms with Crippen molar-refractivity contribution in [3.63, 3.8) is 0 Å². The standard InChI is InChI=1S/C11H24N2O/c1-10(14)11-4-8-13(9-5-11)7-3-2-6-12/h10-11,14H,2-9,12H2,1H3. The van der Waals surface area contributed by atoms with Crippen LogP contribution in [0, 0.1) is 5.92 Å². The Morgan fingerprint density at radius 1 is 1.36 bits per heavy atom. The van der Waals surface area contributed by atoms with E-state index in [0.717, 1.165) is 38.9 Å². The number of likely N-dealkylation sites (tertiary alicyclic amines) is 1. The molecule has 3 nitrogen and oxygen atoms in total. The lowest BCUT2D eigenvalue weighted by Crippen LogP contribution is -2.37. The number of nitrogens with two attached hydrogens (primary N) is 1. The van der Waals surface area contributed by atoms with E-state index in [1.807, 2.05) is 6.92 Å². The van der Waals surface area contributed by atoms with Gasteiger partial charge in [0.15, 0.2) is 0 Å². The van der Waals surface area contributed by atoms with E-state index in [9.17, 15) is 5.11 Å². The van der Waals surface area contributed by atoms with Crippen LogP contribution in [0.2, 0.25) is 0 Å². The summed E-state index contributed by atoms with van der Waals surface area (Å²) in [6, 6.07) is 0. The van der Waals surface area contributed by atoms with Crippen LogP contribution in [0.5, 0.6) is 0 Å². The van der Waals surface area contributed by atoms with Crippen molar-refractivity contribution in [2.45, 2.75) is 38.7 Å². The highest BCUT2D eigenvalue weighted by atomic mass is 16.3. The molecule has 3 N–H and O–H groups in total. The highest BCUT2D eigenvalue weighted by Gasteiger charge is 2.21. The summed E-state index contributed by atoms with van der Waals surface area (Å²) in [7, 11) is 0. The summed E-state index contributed by atoms with van der Waals surface area (Å²) in [4.78, 5) is 2.49. The smallest absolute Gasteiger partial charge is 0.0541 e. The molecule has 1 saturated heterocycles. The Morgan fingerprint density at radius 2 is 2.00 bits per heavy atom. The number of unbranched alkanes of at least 4 members (excludes halogenated alkanes) is 1. The highest BCUT2D eigenvalue weighted by Crippen LogP contribution is 2.20. The second kappa shape index (κ2) is 6.38. The number of aliphatic hydroxyl groups excluding tert-OH is 1. The van der Waals surface area contributed by atoms with Gasteiger partial charge in [-0.1, -0.05) is 0 Å². The van der Waals surface area contributed by atoms with Crippen LogP contribution in [0.1, 0.15) is 32.6 Å². The number of hydrogen-bond acceptors (Lipinski definition) is 3. The topological polar surface area (TPSA) is 49.5 Å². The van der Waals surface area contributed by atoms with Gasteiger partial charge in [-0.15, -0.1) is 0 Å². The van der Waals surface area contributed by atoms with Crippen LogP contribution in [-0.4, -0.2) is 42.3 Å². The summed E-state index contributed by atoms with van der Waals surface area (Å²) in [5, 5.41) is 9.44. The summed E-state index contributed by atoms with van der Waals surface area (Å²) in [6.07, 6.45) is 4.54. The Morgan fingerprint density at radius 3 is 2.50 bits per heavy atom. The third-order valence-corrected chi connectivity index (χ3v) is 3.24. The third kappa shape index (κ3) is 3.95. The Balaban J connectivity index is 2.09. The summed E-state index contributed by atoms with van der Waals surface area (Å²) in [6.45, 7) is 6.21. The molecule has 0 spiro atoms. The maximum Gasteiger partial charge on any atom is 0.0541 e. The van der Waals surface area contributed by atoms with E-state index in [0.29, 0.717) is 5.92 Å². The number of hydrogen-bond donors (Lipinski definition) is 2. The molecule has 1 unspecified atom stereocenters. The maximum atomic E-state index is 9.44. The molecule has 3 heteroatoms. The molecule has 14 heavy (non-hydrogen) atoms. The summed E-state index contributed by atoms with van der Waals surface area (Å²) in [5.74, 6) is 0.528. The number of piperidine rings is 1. The highest BCUT2D eigenvalue weighted by molar-refractivity contribution is 4.75. The molecule has 0 aromatic rings. The van der Waals surface area contributed by atoms with Crippen molar-refractivity contribution in [1.82, 2.24) is 4.90 Å². The fourth-order valence-electron chi connectivity index (χ4n) is 2.14. The normalized spacial score (nSPS) is 22.5. The lowest BCUT2D eigenvalue weighted by Gasteiger charge is -2.33. The predicted octanol–water partition coefficient (Wildman–Crippen LogP) is 0.818. The van der Waals surface area contributed by atoms with E-state index in [1.54, 1.807) is 0 Å². The second-order valence-corrected chi connectivity index (χ2v) is 4.42. The molecule has 84 valence electrons. The first-order valence-corrected chi connectivity index (χ1v) is 5.84. The Labute approximate surface area is 87.3 Å². The van der Waals surface area contributed by atoms with Crippen molar-refractivity contribution in [3.8, 4) is 0 Å². The van der Waals surface area contributed by atoms with Gasteiger partial charge in [0, 0.05) is 0 Å². The van der Waals surface area contributed by atoms with Crippen LogP contribution in [0.4, 0.5) is 0 Å². The zero-order valence-electron chi connectivity index (χ0n) is 9.28. The molecule has 0 radical (unpaired) electrons. The van der Waals surface area contributed by atoms with E-state index in [2.05, 4.69) is 4.90 Å². The molecule has 0 aromatic heterocycles. The maximum absolute atomic E-state index is 9.44. The SMILES string of the molecule is CC(O)C1CCN(CCCCN)CC1. The van der Waals surface area contributed by atoms with E-state index >= 15 is 0 Å². The average Bonchev–Trinajstić information content (AvgIpc) is 2.19. The third-order valence-electron chi connectivity index (χ3n) is 3.24. The number of nitrogens with zero attached hydrogens (tertiary/aromatic N) is 1. The molecular formula is C11H24N2O. The molecule has 1 atom stereocenters. The van der Waals surface area contributed by atoms with Gasteiger partial charge in [-0.2, -0.15) is 0 Å². The predicted molar refractivity (Wildman–Crippen MR) is 59.1 cm³/mol. The average molecular weight is 200 g/mol. The minimum Gasteiger partial charge on any atom is -0.393 e. The first-order valence-electron chi connectivity index (χ1n) is 5.84. The Bertz CT molecular complexity index is 142. The van der Waals surface area contributed by atoms with Crippen molar-refractivity contribution in [1.29, 1.82) is 0 Å². The van der Waals surface area contributed by atoms with Crippen LogP contribution >= 0.6 is 0 Å². The zero-order chi connectivity index (χ0) is 10.4. The van der Waals surface area contributed by atoms with Crippen molar-refractivity contribution in [3.05, 3.63) is 0 Å². The van der Waals surface area contributed by atoms with Gasteiger partial charge in [0.05, 0.1) is 6.10 Å². The van der Waals surface area contributed by atoms with Crippen LogP contribution in [0.15, 0.2) is 0 Å². The molecule has 1 heterocycles. The molecule has 0 aromatic carbocycles. The molecule has 0 amide bonds. The lowest BCUT2D eigenvalue weighted by molar-refractivity contribution is 0.0714. The minimum atomic E-state index is -0.124. The Kier molecular flexibility index (Phi) is 5.45. The molecule has 0 saturated carbocycles. The Hall–Kier alpha value is -0.120. The van der Waals surface area contributed by atoms with Crippen LogP contribution < -0.4 is 5.73 Å². The van der Waals surface area contributed by atoms with Crippen molar-refractivity contribution < 1.29 is 5.11 Å². The van der Waals surface area contributed by atoms with E-state index in [1.165, 1.54) is 13.0 Å².